The number of primary amides is 1. The standard InChI is InChI=1S/C19H25NO4/c20-19(22)17-9-16(15-3-1-2-4-15)10-18(24-17)23-12-14-7-5-13(11-21)6-8-14/h5-9,15-16,18,21H,1-4,10-12H2,(H2,20,22)/t16-,18+/m1/s1. The molecule has 3 rings (SSSR count). The van der Waals surface area contributed by atoms with E-state index in [0.717, 1.165) is 17.5 Å². The Morgan fingerprint density at radius 2 is 1.88 bits per heavy atom. The fraction of sp³-hybridized carbons (Fsp3) is 0.526. The molecule has 0 bridgehead atoms. The van der Waals surface area contributed by atoms with E-state index in [1.54, 1.807) is 0 Å². The summed E-state index contributed by atoms with van der Waals surface area (Å²) in [6, 6.07) is 7.59. The highest BCUT2D eigenvalue weighted by atomic mass is 16.7. The normalized spacial score (nSPS) is 24.5. The Balaban J connectivity index is 1.62. The Morgan fingerprint density at radius 3 is 2.50 bits per heavy atom. The van der Waals surface area contributed by atoms with Crippen molar-refractivity contribution in [2.45, 2.75) is 51.6 Å². The van der Waals surface area contributed by atoms with Crippen LogP contribution in [0.5, 0.6) is 0 Å². The lowest BCUT2D eigenvalue weighted by atomic mass is 9.86. The van der Waals surface area contributed by atoms with Crippen LogP contribution in [-0.4, -0.2) is 17.3 Å². The third-order valence-corrected chi connectivity index (χ3v) is 4.98. The van der Waals surface area contributed by atoms with Crippen LogP contribution in [0.1, 0.15) is 43.2 Å². The maximum atomic E-state index is 11.6. The highest BCUT2D eigenvalue weighted by Crippen LogP contribution is 2.38. The van der Waals surface area contributed by atoms with Crippen LogP contribution in [0.4, 0.5) is 0 Å². The van der Waals surface area contributed by atoms with Crippen molar-refractivity contribution in [2.75, 3.05) is 0 Å². The molecule has 2 aliphatic rings. The summed E-state index contributed by atoms with van der Waals surface area (Å²) in [5.41, 5.74) is 7.29. The average Bonchev–Trinajstić information content (AvgIpc) is 3.15. The predicted molar refractivity (Wildman–Crippen MR) is 89.4 cm³/mol. The Labute approximate surface area is 142 Å². The van der Waals surface area contributed by atoms with Crippen molar-refractivity contribution in [3.05, 3.63) is 47.2 Å². The van der Waals surface area contributed by atoms with Gasteiger partial charge in [-0.3, -0.25) is 4.79 Å². The van der Waals surface area contributed by atoms with Crippen LogP contribution in [0, 0.1) is 11.8 Å². The number of aliphatic hydroxyl groups excluding tert-OH is 1. The number of amides is 1. The zero-order valence-electron chi connectivity index (χ0n) is 13.8. The van der Waals surface area contributed by atoms with Crippen molar-refractivity contribution in [2.24, 2.45) is 17.6 Å². The van der Waals surface area contributed by atoms with Gasteiger partial charge in [0.05, 0.1) is 13.2 Å². The minimum atomic E-state index is -0.529. The lowest BCUT2D eigenvalue weighted by Crippen LogP contribution is -2.32. The van der Waals surface area contributed by atoms with Gasteiger partial charge in [0.15, 0.2) is 5.76 Å². The smallest absolute Gasteiger partial charge is 0.283 e. The molecule has 130 valence electrons. The molecule has 3 N–H and O–H groups in total. The Bertz CT molecular complexity index is 590. The summed E-state index contributed by atoms with van der Waals surface area (Å²) in [5, 5.41) is 9.08. The Morgan fingerprint density at radius 1 is 1.21 bits per heavy atom. The van der Waals surface area contributed by atoms with Gasteiger partial charge in [-0.15, -0.1) is 0 Å². The maximum Gasteiger partial charge on any atom is 0.283 e. The van der Waals surface area contributed by atoms with E-state index in [9.17, 15) is 4.79 Å². The molecule has 1 aliphatic carbocycles. The number of rotatable bonds is 6. The van der Waals surface area contributed by atoms with Crippen LogP contribution in [0.25, 0.3) is 0 Å². The van der Waals surface area contributed by atoms with E-state index in [4.69, 9.17) is 20.3 Å². The van der Waals surface area contributed by atoms with Crippen molar-refractivity contribution in [1.29, 1.82) is 0 Å². The first-order valence-corrected chi connectivity index (χ1v) is 8.64. The molecule has 1 aliphatic heterocycles. The minimum absolute atomic E-state index is 0.0305. The van der Waals surface area contributed by atoms with Gasteiger partial charge in [-0.2, -0.15) is 0 Å². The summed E-state index contributed by atoms with van der Waals surface area (Å²) >= 11 is 0. The van der Waals surface area contributed by atoms with Gasteiger partial charge in [0.25, 0.3) is 5.91 Å². The molecule has 1 heterocycles. The summed E-state index contributed by atoms with van der Waals surface area (Å²) < 4.78 is 11.5. The summed E-state index contributed by atoms with van der Waals surface area (Å²) in [7, 11) is 0. The van der Waals surface area contributed by atoms with Gasteiger partial charge in [0, 0.05) is 6.42 Å². The van der Waals surface area contributed by atoms with Crippen LogP contribution < -0.4 is 5.73 Å². The molecule has 1 aromatic rings. The van der Waals surface area contributed by atoms with Crippen molar-refractivity contribution in [1.82, 2.24) is 0 Å². The predicted octanol–water partition coefficient (Wildman–Crippen LogP) is 2.62. The lowest BCUT2D eigenvalue weighted by molar-refractivity contribution is -0.153. The number of benzene rings is 1. The summed E-state index contributed by atoms with van der Waals surface area (Å²) in [6.45, 7) is 0.433. The molecule has 0 radical (unpaired) electrons. The van der Waals surface area contributed by atoms with Crippen LogP contribution >= 0.6 is 0 Å². The fourth-order valence-electron chi connectivity index (χ4n) is 3.60. The van der Waals surface area contributed by atoms with E-state index in [1.807, 2.05) is 30.3 Å². The van der Waals surface area contributed by atoms with Crippen molar-refractivity contribution in [3.8, 4) is 0 Å². The summed E-state index contributed by atoms with van der Waals surface area (Å²) in [5.74, 6) is 0.598. The van der Waals surface area contributed by atoms with Gasteiger partial charge >= 0.3 is 0 Å². The molecule has 1 saturated carbocycles. The maximum absolute atomic E-state index is 11.6. The largest absolute Gasteiger partial charge is 0.459 e. The molecule has 0 spiro atoms. The van der Waals surface area contributed by atoms with Gasteiger partial charge in [0.1, 0.15) is 0 Å². The van der Waals surface area contributed by atoms with E-state index in [0.29, 0.717) is 18.4 Å². The SMILES string of the molecule is NC(=O)C1=C[C@@H](C2CCCC2)C[C@@H](OCc2ccc(CO)cc2)O1. The third kappa shape index (κ3) is 4.16. The Kier molecular flexibility index (Phi) is 5.53. The van der Waals surface area contributed by atoms with E-state index in [-0.39, 0.29) is 12.4 Å². The van der Waals surface area contributed by atoms with Crippen LogP contribution in [0.3, 0.4) is 0 Å². The zero-order valence-corrected chi connectivity index (χ0v) is 13.8. The van der Waals surface area contributed by atoms with E-state index in [1.165, 1.54) is 25.7 Å². The second kappa shape index (κ2) is 7.81. The second-order valence-corrected chi connectivity index (χ2v) is 6.67. The molecule has 1 amide bonds. The molecule has 0 aromatic heterocycles. The molecule has 1 aromatic carbocycles. The van der Waals surface area contributed by atoms with Gasteiger partial charge in [-0.25, -0.2) is 0 Å². The first-order valence-electron chi connectivity index (χ1n) is 8.64. The topological polar surface area (TPSA) is 81.8 Å². The van der Waals surface area contributed by atoms with Crippen molar-refractivity contribution < 1.29 is 19.4 Å². The first-order chi connectivity index (χ1) is 11.7. The molecule has 0 saturated heterocycles. The highest BCUT2D eigenvalue weighted by molar-refractivity contribution is 5.90. The monoisotopic (exact) mass is 331 g/mol. The molecule has 5 nitrogen and oxygen atoms in total. The average molecular weight is 331 g/mol. The van der Waals surface area contributed by atoms with Gasteiger partial charge < -0.3 is 20.3 Å². The van der Waals surface area contributed by atoms with Crippen molar-refractivity contribution in [3.63, 3.8) is 0 Å². The van der Waals surface area contributed by atoms with Gasteiger partial charge in [0.2, 0.25) is 6.29 Å². The molecule has 0 unspecified atom stereocenters. The number of allylic oxidation sites excluding steroid dienone is 1. The first kappa shape index (κ1) is 17.0. The quantitative estimate of drug-likeness (QED) is 0.839. The molecular weight excluding hydrogens is 306 g/mol. The number of carbonyl (C=O) groups excluding carboxylic acids is 1. The number of ether oxygens (including phenoxy) is 2. The van der Waals surface area contributed by atoms with Crippen LogP contribution in [0.15, 0.2) is 36.1 Å². The number of aliphatic hydroxyl groups is 1. The number of hydrogen-bond donors (Lipinski definition) is 2. The summed E-state index contributed by atoms with van der Waals surface area (Å²) in [4.78, 5) is 11.6. The number of carbonyl (C=O) groups is 1. The van der Waals surface area contributed by atoms with Crippen LogP contribution in [-0.2, 0) is 27.5 Å². The molecule has 2 atom stereocenters. The molecule has 1 fully saturated rings. The zero-order chi connectivity index (χ0) is 16.9. The van der Waals surface area contributed by atoms with E-state index >= 15 is 0 Å². The van der Waals surface area contributed by atoms with E-state index < -0.39 is 12.2 Å². The second-order valence-electron chi connectivity index (χ2n) is 6.67. The van der Waals surface area contributed by atoms with Crippen LogP contribution in [0.2, 0.25) is 0 Å². The van der Waals surface area contributed by atoms with Crippen molar-refractivity contribution >= 4 is 5.91 Å². The minimum Gasteiger partial charge on any atom is -0.459 e. The Hall–Kier alpha value is -1.85. The lowest BCUT2D eigenvalue weighted by Gasteiger charge is -2.31. The highest BCUT2D eigenvalue weighted by Gasteiger charge is 2.32. The molecule has 24 heavy (non-hydrogen) atoms. The third-order valence-electron chi connectivity index (χ3n) is 4.98. The number of hydrogen-bond acceptors (Lipinski definition) is 4. The van der Waals surface area contributed by atoms with Gasteiger partial charge in [-0.1, -0.05) is 37.1 Å². The molecule has 5 heteroatoms. The number of nitrogens with two attached hydrogens (primary N) is 1. The van der Waals surface area contributed by atoms with Gasteiger partial charge in [-0.05, 0) is 41.9 Å². The molecular formula is C19H25NO4. The fourth-order valence-corrected chi connectivity index (χ4v) is 3.60. The summed E-state index contributed by atoms with van der Waals surface area (Å²) in [6.07, 6.45) is 7.12. The van der Waals surface area contributed by atoms with E-state index in [2.05, 4.69) is 0 Å².